The maximum Gasteiger partial charge on any atom is 0.219 e. The van der Waals surface area contributed by atoms with Gasteiger partial charge in [-0.25, -0.2) is 0 Å². The van der Waals surface area contributed by atoms with Crippen LogP contribution in [0.25, 0.3) is 0 Å². The minimum atomic E-state index is 0.0150. The van der Waals surface area contributed by atoms with Crippen LogP contribution in [0.2, 0.25) is 5.02 Å². The van der Waals surface area contributed by atoms with E-state index >= 15 is 0 Å². The van der Waals surface area contributed by atoms with E-state index in [1.165, 1.54) is 0 Å². The van der Waals surface area contributed by atoms with Gasteiger partial charge in [0.05, 0.1) is 6.04 Å². The summed E-state index contributed by atoms with van der Waals surface area (Å²) in [7, 11) is 1.77. The van der Waals surface area contributed by atoms with Crippen molar-refractivity contribution in [3.05, 3.63) is 34.9 Å². The molecule has 0 saturated carbocycles. The first-order chi connectivity index (χ1) is 6.54. The average Bonchev–Trinajstić information content (AvgIpc) is 2.16. The Hall–Kier alpha value is -1.02. The van der Waals surface area contributed by atoms with Crippen LogP contribution >= 0.6 is 11.6 Å². The Labute approximate surface area is 89.5 Å². The molecule has 2 nitrogen and oxygen atoms in total. The Morgan fingerprint density at radius 1 is 1.43 bits per heavy atom. The molecular formula is C11H14ClNO. The van der Waals surface area contributed by atoms with Crippen molar-refractivity contribution < 1.29 is 4.79 Å². The molecule has 0 radical (unpaired) electrons. The lowest BCUT2D eigenvalue weighted by molar-refractivity contribution is -0.129. The SMILES string of the molecule is CC(=O)N(C)[C@@H](C)c1ccccc1Cl. The zero-order chi connectivity index (χ0) is 10.7. The van der Waals surface area contributed by atoms with Gasteiger partial charge in [0, 0.05) is 19.0 Å². The Kier molecular flexibility index (Phi) is 3.53. The van der Waals surface area contributed by atoms with Gasteiger partial charge < -0.3 is 4.90 Å². The van der Waals surface area contributed by atoms with E-state index in [-0.39, 0.29) is 11.9 Å². The zero-order valence-corrected chi connectivity index (χ0v) is 9.38. The number of amides is 1. The van der Waals surface area contributed by atoms with E-state index in [1.807, 2.05) is 31.2 Å². The van der Waals surface area contributed by atoms with Crippen molar-refractivity contribution in [2.45, 2.75) is 19.9 Å². The fourth-order valence-corrected chi connectivity index (χ4v) is 1.59. The van der Waals surface area contributed by atoms with Crippen LogP contribution in [0.5, 0.6) is 0 Å². The lowest BCUT2D eigenvalue weighted by Crippen LogP contribution is -2.27. The molecule has 0 heterocycles. The van der Waals surface area contributed by atoms with E-state index < -0.39 is 0 Å². The summed E-state index contributed by atoms with van der Waals surface area (Å²) in [5.74, 6) is 0.0393. The van der Waals surface area contributed by atoms with Crippen molar-refractivity contribution >= 4 is 17.5 Å². The van der Waals surface area contributed by atoms with Gasteiger partial charge in [-0.1, -0.05) is 29.8 Å². The Balaban J connectivity index is 2.94. The third-order valence-corrected chi connectivity index (χ3v) is 2.78. The number of rotatable bonds is 2. The molecule has 14 heavy (non-hydrogen) atoms. The highest BCUT2D eigenvalue weighted by atomic mass is 35.5. The number of halogens is 1. The summed E-state index contributed by atoms with van der Waals surface area (Å²) in [5, 5.41) is 0.702. The van der Waals surface area contributed by atoms with Crippen molar-refractivity contribution in [2.24, 2.45) is 0 Å². The second-order valence-electron chi connectivity index (χ2n) is 3.33. The van der Waals surface area contributed by atoms with Gasteiger partial charge in [0.15, 0.2) is 0 Å². The van der Waals surface area contributed by atoms with E-state index in [1.54, 1.807) is 18.9 Å². The molecule has 1 atom stereocenters. The molecule has 0 N–H and O–H groups in total. The highest BCUT2D eigenvalue weighted by molar-refractivity contribution is 6.31. The predicted octanol–water partition coefficient (Wildman–Crippen LogP) is 2.88. The summed E-state index contributed by atoms with van der Waals surface area (Å²) < 4.78 is 0. The van der Waals surface area contributed by atoms with Crippen LogP contribution in [0.15, 0.2) is 24.3 Å². The lowest BCUT2D eigenvalue weighted by atomic mass is 10.1. The van der Waals surface area contributed by atoms with Crippen LogP contribution in [0, 0.1) is 0 Å². The Morgan fingerprint density at radius 3 is 2.50 bits per heavy atom. The van der Waals surface area contributed by atoms with Crippen LogP contribution in [0.1, 0.15) is 25.5 Å². The molecule has 1 rings (SSSR count). The van der Waals surface area contributed by atoms with Gasteiger partial charge in [0.2, 0.25) is 5.91 Å². The van der Waals surface area contributed by atoms with Crippen molar-refractivity contribution in [2.75, 3.05) is 7.05 Å². The molecule has 0 unspecified atom stereocenters. The molecular weight excluding hydrogens is 198 g/mol. The number of carbonyl (C=O) groups excluding carboxylic acids is 1. The first kappa shape index (κ1) is 11.1. The minimum absolute atomic E-state index is 0.0150. The molecule has 0 aliphatic rings. The molecule has 0 aliphatic heterocycles. The summed E-state index contributed by atoms with van der Waals surface area (Å²) in [4.78, 5) is 12.8. The van der Waals surface area contributed by atoms with Crippen LogP contribution in [-0.2, 0) is 4.79 Å². The third kappa shape index (κ3) is 2.26. The lowest BCUT2D eigenvalue weighted by Gasteiger charge is -2.24. The third-order valence-electron chi connectivity index (χ3n) is 2.43. The largest absolute Gasteiger partial charge is 0.339 e. The molecule has 3 heteroatoms. The van der Waals surface area contributed by atoms with E-state index in [0.717, 1.165) is 5.56 Å². The number of hydrogen-bond donors (Lipinski definition) is 0. The van der Waals surface area contributed by atoms with Crippen molar-refractivity contribution in [3.8, 4) is 0 Å². The topological polar surface area (TPSA) is 20.3 Å². The second-order valence-corrected chi connectivity index (χ2v) is 3.73. The van der Waals surface area contributed by atoms with Gasteiger partial charge >= 0.3 is 0 Å². The fraction of sp³-hybridized carbons (Fsp3) is 0.364. The van der Waals surface area contributed by atoms with Crippen LogP contribution in [0.3, 0.4) is 0 Å². The molecule has 0 aromatic heterocycles. The monoisotopic (exact) mass is 211 g/mol. The average molecular weight is 212 g/mol. The summed E-state index contributed by atoms with van der Waals surface area (Å²) in [6.07, 6.45) is 0. The maximum atomic E-state index is 11.2. The fourth-order valence-electron chi connectivity index (χ4n) is 1.30. The van der Waals surface area contributed by atoms with Crippen molar-refractivity contribution in [3.63, 3.8) is 0 Å². The van der Waals surface area contributed by atoms with Crippen LogP contribution in [-0.4, -0.2) is 17.9 Å². The molecule has 1 aromatic rings. The first-order valence-electron chi connectivity index (χ1n) is 4.52. The van der Waals surface area contributed by atoms with Gasteiger partial charge in [-0.3, -0.25) is 4.79 Å². The zero-order valence-electron chi connectivity index (χ0n) is 8.62. The van der Waals surface area contributed by atoms with Gasteiger partial charge in [-0.15, -0.1) is 0 Å². The van der Waals surface area contributed by atoms with Crippen LogP contribution in [0.4, 0.5) is 0 Å². The predicted molar refractivity (Wildman–Crippen MR) is 58.3 cm³/mol. The quantitative estimate of drug-likeness (QED) is 0.737. The molecule has 1 amide bonds. The normalized spacial score (nSPS) is 12.3. The van der Waals surface area contributed by atoms with Crippen molar-refractivity contribution in [1.82, 2.24) is 4.90 Å². The highest BCUT2D eigenvalue weighted by Crippen LogP contribution is 2.25. The van der Waals surface area contributed by atoms with Gasteiger partial charge in [0.25, 0.3) is 0 Å². The second kappa shape index (κ2) is 4.47. The van der Waals surface area contributed by atoms with Gasteiger partial charge in [-0.2, -0.15) is 0 Å². The minimum Gasteiger partial charge on any atom is -0.339 e. The summed E-state index contributed by atoms with van der Waals surface area (Å²) in [6.45, 7) is 3.51. The molecule has 1 aromatic carbocycles. The number of carbonyl (C=O) groups is 1. The van der Waals surface area contributed by atoms with Gasteiger partial charge in [-0.05, 0) is 18.6 Å². The van der Waals surface area contributed by atoms with Crippen molar-refractivity contribution in [1.29, 1.82) is 0 Å². The maximum absolute atomic E-state index is 11.2. The summed E-state index contributed by atoms with van der Waals surface area (Å²) >= 11 is 6.03. The Morgan fingerprint density at radius 2 is 2.00 bits per heavy atom. The molecule has 0 saturated heterocycles. The standard InChI is InChI=1S/C11H14ClNO/c1-8(13(3)9(2)14)10-6-4-5-7-11(10)12/h4-8H,1-3H3/t8-/m0/s1. The first-order valence-corrected chi connectivity index (χ1v) is 4.89. The molecule has 76 valence electrons. The number of nitrogens with zero attached hydrogens (tertiary/aromatic N) is 1. The van der Waals surface area contributed by atoms with E-state index in [4.69, 9.17) is 11.6 Å². The van der Waals surface area contributed by atoms with E-state index in [9.17, 15) is 4.79 Å². The smallest absolute Gasteiger partial charge is 0.219 e. The molecule has 0 bridgehead atoms. The number of hydrogen-bond acceptors (Lipinski definition) is 1. The Bertz CT molecular complexity index is 338. The van der Waals surface area contributed by atoms with E-state index in [2.05, 4.69) is 0 Å². The number of benzene rings is 1. The molecule has 0 spiro atoms. The van der Waals surface area contributed by atoms with Gasteiger partial charge in [0.1, 0.15) is 0 Å². The molecule has 0 aliphatic carbocycles. The van der Waals surface area contributed by atoms with E-state index in [0.29, 0.717) is 5.02 Å². The summed E-state index contributed by atoms with van der Waals surface area (Å²) in [5.41, 5.74) is 0.979. The van der Waals surface area contributed by atoms with Crippen LogP contribution < -0.4 is 0 Å². The molecule has 0 fully saturated rings. The highest BCUT2D eigenvalue weighted by Gasteiger charge is 2.15. The summed E-state index contributed by atoms with van der Waals surface area (Å²) in [6, 6.07) is 7.59.